The van der Waals surface area contributed by atoms with E-state index in [0.717, 1.165) is 0 Å². The summed E-state index contributed by atoms with van der Waals surface area (Å²) in [6.45, 7) is 18.9. The second-order valence-corrected chi connectivity index (χ2v) is 19.3. The van der Waals surface area contributed by atoms with Gasteiger partial charge in [0.15, 0.2) is 0 Å². The van der Waals surface area contributed by atoms with Crippen LogP contribution in [0.5, 0.6) is 0 Å². The highest BCUT2D eigenvalue weighted by atomic mass is 28.6. The van der Waals surface area contributed by atoms with Crippen LogP contribution in [-0.2, 0) is 64.8 Å². The fourth-order valence-corrected chi connectivity index (χ4v) is 20.9. The van der Waals surface area contributed by atoms with Gasteiger partial charge in [-0.25, -0.2) is 0 Å². The number of hydrogen-bond acceptors (Lipinski definition) is 15. The van der Waals surface area contributed by atoms with Gasteiger partial charge >= 0.3 is 45.2 Å². The van der Waals surface area contributed by atoms with Gasteiger partial charge in [0.2, 0.25) is 0 Å². The molecule has 240 valence electrons. The molecule has 0 aromatic heterocycles. The largest absolute Gasteiger partial charge is 0.668 e. The van der Waals surface area contributed by atoms with Gasteiger partial charge in [-0.15, -0.1) is 0 Å². The van der Waals surface area contributed by atoms with Crippen LogP contribution in [-0.4, -0.2) is 111 Å². The summed E-state index contributed by atoms with van der Waals surface area (Å²) in [6, 6.07) is 0. The van der Waals surface area contributed by atoms with Gasteiger partial charge in [0.05, 0.1) is 0 Å². The minimum atomic E-state index is -4.32. The fourth-order valence-electron chi connectivity index (χ4n) is 3.43. The van der Waals surface area contributed by atoms with Crippen molar-refractivity contribution in [3.63, 3.8) is 0 Å². The molecular weight excluding hydrogens is 621 g/mol. The van der Waals surface area contributed by atoms with Gasteiger partial charge in [-0.3, -0.25) is 0 Å². The Morgan fingerprint density at radius 1 is 0.250 bits per heavy atom. The first-order valence-corrected chi connectivity index (χ1v) is 22.2. The van der Waals surface area contributed by atoms with E-state index in [-0.39, 0.29) is 66.1 Å². The van der Waals surface area contributed by atoms with Gasteiger partial charge in [0.25, 0.3) is 0 Å². The van der Waals surface area contributed by atoms with E-state index in [2.05, 4.69) is 0 Å². The minimum absolute atomic E-state index is 0.132. The van der Waals surface area contributed by atoms with Crippen molar-refractivity contribution in [3.05, 3.63) is 0 Å². The van der Waals surface area contributed by atoms with E-state index in [9.17, 15) is 0 Å². The summed E-state index contributed by atoms with van der Waals surface area (Å²) in [5.74, 6) is 0. The molecule has 0 bridgehead atoms. The molecule has 0 atom stereocenters. The Morgan fingerprint density at radius 2 is 0.350 bits per heavy atom. The van der Waals surface area contributed by atoms with Crippen molar-refractivity contribution in [3.8, 4) is 0 Å². The molecule has 0 amide bonds. The summed E-state index contributed by atoms with van der Waals surface area (Å²) in [4.78, 5) is 0. The average molecular weight is 671 g/mol. The van der Waals surface area contributed by atoms with Gasteiger partial charge in [0, 0.05) is 66.1 Å². The summed E-state index contributed by atoms with van der Waals surface area (Å²) in [7, 11) is -21.6. The Bertz CT molecular complexity index is 504. The van der Waals surface area contributed by atoms with Crippen molar-refractivity contribution >= 4 is 45.2 Å². The lowest BCUT2D eigenvalue weighted by Gasteiger charge is -2.45. The molecule has 0 radical (unpaired) electrons. The Kier molecular flexibility index (Phi) is 18.3. The molecule has 1 fully saturated rings. The third-order valence-corrected chi connectivity index (χ3v) is 20.9. The fraction of sp³-hybridized carbons (Fsp3) is 1.00. The highest BCUT2D eigenvalue weighted by Crippen LogP contribution is 2.35. The topological polar surface area (TPSA) is 138 Å². The molecule has 40 heavy (non-hydrogen) atoms. The first-order chi connectivity index (χ1) is 19.1. The molecule has 1 saturated heterocycles. The van der Waals surface area contributed by atoms with Gasteiger partial charge < -0.3 is 64.8 Å². The summed E-state index contributed by atoms with van der Waals surface area (Å²) < 4.78 is 93.6. The van der Waals surface area contributed by atoms with Crippen LogP contribution < -0.4 is 0 Å². The molecule has 1 aliphatic rings. The molecule has 0 N–H and O–H groups in total. The van der Waals surface area contributed by atoms with E-state index >= 15 is 0 Å². The maximum atomic E-state index is 6.52. The molecule has 1 rings (SSSR count). The highest BCUT2D eigenvalue weighted by Gasteiger charge is 2.75. The van der Waals surface area contributed by atoms with Crippen molar-refractivity contribution in [1.29, 1.82) is 0 Å². The van der Waals surface area contributed by atoms with Crippen molar-refractivity contribution in [2.24, 2.45) is 0 Å². The van der Waals surface area contributed by atoms with Crippen LogP contribution in [0.25, 0.3) is 0 Å². The molecule has 0 saturated carbocycles. The van der Waals surface area contributed by atoms with Gasteiger partial charge in [0.1, 0.15) is 0 Å². The lowest BCUT2D eigenvalue weighted by Crippen LogP contribution is -2.76. The van der Waals surface area contributed by atoms with Crippen LogP contribution in [0.4, 0.5) is 0 Å². The van der Waals surface area contributed by atoms with E-state index in [1.807, 2.05) is 0 Å². The predicted octanol–water partition coefficient (Wildman–Crippen LogP) is 2.63. The van der Waals surface area contributed by atoms with Crippen LogP contribution >= 0.6 is 0 Å². The van der Waals surface area contributed by atoms with E-state index < -0.39 is 45.2 Å². The third kappa shape index (κ3) is 10.9. The maximum Gasteiger partial charge on any atom is 0.668 e. The second-order valence-electron chi connectivity index (χ2n) is 7.34. The first-order valence-electron chi connectivity index (χ1n) is 14.0. The normalized spacial score (nSPS) is 21.8. The summed E-state index contributed by atoms with van der Waals surface area (Å²) in [6.07, 6.45) is 0. The molecule has 1 aliphatic heterocycles. The van der Waals surface area contributed by atoms with Crippen LogP contribution in [0.2, 0.25) is 0 Å². The van der Waals surface area contributed by atoms with Crippen LogP contribution in [0.3, 0.4) is 0 Å². The first kappa shape index (κ1) is 38.5. The maximum absolute atomic E-state index is 6.52. The molecule has 0 aromatic carbocycles. The zero-order chi connectivity index (χ0) is 30.2. The van der Waals surface area contributed by atoms with Crippen LogP contribution in [0.15, 0.2) is 0 Å². The Labute approximate surface area is 245 Å². The van der Waals surface area contributed by atoms with Crippen molar-refractivity contribution in [1.82, 2.24) is 0 Å². The molecule has 0 unspecified atom stereocenters. The van der Waals surface area contributed by atoms with E-state index in [1.54, 1.807) is 69.2 Å². The van der Waals surface area contributed by atoms with Crippen molar-refractivity contribution < 1.29 is 64.8 Å². The van der Waals surface area contributed by atoms with Gasteiger partial charge in [-0.05, 0) is 69.2 Å². The molecule has 0 spiro atoms. The van der Waals surface area contributed by atoms with E-state index in [0.29, 0.717) is 0 Å². The van der Waals surface area contributed by atoms with Crippen molar-refractivity contribution in [2.75, 3.05) is 66.1 Å². The summed E-state index contributed by atoms with van der Waals surface area (Å²) >= 11 is 0. The SMILES string of the molecule is CCO[Si]1(OCC)O[Si](OCC)(OCC)O[Si](OCC)(OCC)O[Si](OCC)(OCC)O[Si](OCC)(OCC)O1. The van der Waals surface area contributed by atoms with Gasteiger partial charge in [-0.2, -0.15) is 0 Å². The smallest absolute Gasteiger partial charge is 0.352 e. The monoisotopic (exact) mass is 670 g/mol. The molecule has 15 nitrogen and oxygen atoms in total. The Balaban J connectivity index is 4.18. The highest BCUT2D eigenvalue weighted by molar-refractivity contribution is 6.83. The quantitative estimate of drug-likeness (QED) is 0.175. The number of rotatable bonds is 20. The molecule has 0 aliphatic carbocycles. The van der Waals surface area contributed by atoms with Crippen molar-refractivity contribution in [2.45, 2.75) is 69.2 Å². The molecule has 20 heteroatoms. The zero-order valence-electron chi connectivity index (χ0n) is 25.7. The molecular formula is C20H50O15Si5. The van der Waals surface area contributed by atoms with E-state index in [1.165, 1.54) is 0 Å². The standard InChI is InChI=1S/C20H50O15Si5/c1-11-21-36(22-12-2)31-37(23-13-3,24-14-4)33-39(27-17-7,28-18-8)35-40(29-19-9,30-20-10)34-38(32-36,25-15-5)26-16-6/h11-20H2,1-10H3. The predicted molar refractivity (Wildman–Crippen MR) is 150 cm³/mol. The van der Waals surface area contributed by atoms with Crippen LogP contribution in [0, 0.1) is 0 Å². The lowest BCUT2D eigenvalue weighted by atomic mass is 10.9. The van der Waals surface area contributed by atoms with E-state index in [4.69, 9.17) is 64.8 Å². The zero-order valence-corrected chi connectivity index (χ0v) is 30.7. The minimum Gasteiger partial charge on any atom is -0.352 e. The molecule has 1 heterocycles. The summed E-state index contributed by atoms with van der Waals surface area (Å²) in [5.41, 5.74) is 0. The summed E-state index contributed by atoms with van der Waals surface area (Å²) in [5, 5.41) is 0. The Morgan fingerprint density at radius 3 is 0.425 bits per heavy atom. The Hall–Kier alpha value is 0.484. The lowest BCUT2D eigenvalue weighted by molar-refractivity contribution is -0.106. The van der Waals surface area contributed by atoms with Gasteiger partial charge in [-0.1, -0.05) is 0 Å². The average Bonchev–Trinajstić information content (AvgIpc) is 2.85. The number of hydrogen-bond donors (Lipinski definition) is 0. The second kappa shape index (κ2) is 19.0. The van der Waals surface area contributed by atoms with Crippen LogP contribution in [0.1, 0.15) is 69.2 Å². The molecule has 0 aromatic rings. The third-order valence-electron chi connectivity index (χ3n) is 4.46.